The van der Waals surface area contributed by atoms with Crippen molar-refractivity contribution in [2.45, 2.75) is 27.3 Å². The number of aromatic nitrogens is 5. The van der Waals surface area contributed by atoms with Crippen molar-refractivity contribution in [1.29, 1.82) is 5.26 Å². The predicted octanol–water partition coefficient (Wildman–Crippen LogP) is 4.34. The molecule has 0 atom stereocenters. The second kappa shape index (κ2) is 9.17. The van der Waals surface area contributed by atoms with Crippen LogP contribution in [-0.2, 0) is 6.54 Å². The molecule has 0 saturated heterocycles. The molecule has 0 amide bonds. The van der Waals surface area contributed by atoms with Crippen LogP contribution in [0.25, 0.3) is 22.6 Å². The molecule has 0 bridgehead atoms. The smallest absolute Gasteiger partial charge is 0.318 e. The second-order valence-corrected chi connectivity index (χ2v) is 6.76. The molecule has 9 heteroatoms. The average molecular weight is 420 g/mol. The highest BCUT2D eigenvalue weighted by molar-refractivity contribution is 5.79. The first kappa shape index (κ1) is 21.6. The van der Waals surface area contributed by atoms with Crippen LogP contribution < -0.4 is 4.74 Å². The SMILES string of the molecule is C\C=C/C(O)=C\C(F)=C(/C)Cn1c(-c2cncc(C#N)c2)nc2c(C)nc(OC)nc21. The molecule has 3 aromatic heterocycles. The number of fused-ring (bicyclic) bond motifs is 1. The van der Waals surface area contributed by atoms with Gasteiger partial charge in [0.25, 0.3) is 0 Å². The first-order valence-electron chi connectivity index (χ1n) is 9.41. The van der Waals surface area contributed by atoms with Crippen LogP contribution in [0.15, 0.2) is 53.8 Å². The predicted molar refractivity (Wildman–Crippen MR) is 114 cm³/mol. The van der Waals surface area contributed by atoms with Gasteiger partial charge in [0.1, 0.15) is 29.0 Å². The van der Waals surface area contributed by atoms with Gasteiger partial charge in [-0.05, 0) is 38.5 Å². The number of aryl methyl sites for hydroxylation is 1. The molecule has 0 aliphatic heterocycles. The number of hydrogen-bond donors (Lipinski definition) is 1. The summed E-state index contributed by atoms with van der Waals surface area (Å²) in [7, 11) is 1.46. The summed E-state index contributed by atoms with van der Waals surface area (Å²) in [6.45, 7) is 5.20. The van der Waals surface area contributed by atoms with Crippen molar-refractivity contribution >= 4 is 11.2 Å². The van der Waals surface area contributed by atoms with E-state index in [1.54, 1.807) is 43.7 Å². The maximum Gasteiger partial charge on any atom is 0.318 e. The number of pyridine rings is 1. The molecular formula is C22H21FN6O2. The van der Waals surface area contributed by atoms with Crippen molar-refractivity contribution in [3.63, 3.8) is 0 Å². The Morgan fingerprint density at radius 2 is 2.10 bits per heavy atom. The summed E-state index contributed by atoms with van der Waals surface area (Å²) in [5.41, 5.74) is 2.87. The summed E-state index contributed by atoms with van der Waals surface area (Å²) in [4.78, 5) is 17.4. The summed E-state index contributed by atoms with van der Waals surface area (Å²) in [6.07, 6.45) is 7.07. The number of aliphatic hydroxyl groups is 1. The van der Waals surface area contributed by atoms with Gasteiger partial charge in [-0.15, -0.1) is 0 Å². The average Bonchev–Trinajstić information content (AvgIpc) is 3.12. The lowest BCUT2D eigenvalue weighted by Crippen LogP contribution is -2.05. The zero-order valence-corrected chi connectivity index (χ0v) is 17.6. The molecule has 3 rings (SSSR count). The molecule has 1 N–H and O–H groups in total. The quantitative estimate of drug-likeness (QED) is 0.466. The number of nitrogens with zero attached hydrogens (tertiary/aromatic N) is 6. The minimum absolute atomic E-state index is 0.0909. The van der Waals surface area contributed by atoms with E-state index in [2.05, 4.69) is 26.0 Å². The lowest BCUT2D eigenvalue weighted by molar-refractivity contribution is 0.380. The molecule has 8 nitrogen and oxygen atoms in total. The normalized spacial score (nSPS) is 12.8. The second-order valence-electron chi connectivity index (χ2n) is 6.76. The fraction of sp³-hybridized carbons (Fsp3) is 0.227. The number of ether oxygens (including phenoxy) is 1. The highest BCUT2D eigenvalue weighted by Gasteiger charge is 2.19. The lowest BCUT2D eigenvalue weighted by Gasteiger charge is -2.10. The zero-order chi connectivity index (χ0) is 22.5. The van der Waals surface area contributed by atoms with Crippen molar-refractivity contribution in [2.24, 2.45) is 0 Å². The van der Waals surface area contributed by atoms with Gasteiger partial charge in [-0.1, -0.05) is 6.08 Å². The number of allylic oxidation sites excluding steroid dienone is 5. The Morgan fingerprint density at radius 1 is 1.32 bits per heavy atom. The topological polar surface area (TPSA) is 110 Å². The van der Waals surface area contributed by atoms with E-state index in [9.17, 15) is 14.8 Å². The van der Waals surface area contributed by atoms with Crippen LogP contribution in [0.3, 0.4) is 0 Å². The van der Waals surface area contributed by atoms with E-state index in [1.165, 1.54) is 19.4 Å². The molecule has 158 valence electrons. The fourth-order valence-electron chi connectivity index (χ4n) is 2.98. The third-order valence-electron chi connectivity index (χ3n) is 4.47. The molecular weight excluding hydrogens is 399 g/mol. The molecule has 0 fully saturated rings. The zero-order valence-electron chi connectivity index (χ0n) is 17.6. The van der Waals surface area contributed by atoms with Crippen molar-refractivity contribution in [2.75, 3.05) is 7.11 Å². The summed E-state index contributed by atoms with van der Waals surface area (Å²) >= 11 is 0. The van der Waals surface area contributed by atoms with E-state index in [4.69, 9.17) is 4.74 Å². The van der Waals surface area contributed by atoms with Crippen LogP contribution in [0.2, 0.25) is 0 Å². The van der Waals surface area contributed by atoms with Gasteiger partial charge in [0.05, 0.1) is 18.4 Å². The molecule has 0 aromatic carbocycles. The summed E-state index contributed by atoms with van der Waals surface area (Å²) in [5, 5.41) is 19.0. The Balaban J connectivity index is 2.23. The van der Waals surface area contributed by atoms with E-state index < -0.39 is 5.83 Å². The highest BCUT2D eigenvalue weighted by atomic mass is 19.1. The van der Waals surface area contributed by atoms with Crippen LogP contribution in [0.5, 0.6) is 6.01 Å². The minimum Gasteiger partial charge on any atom is -0.508 e. The van der Waals surface area contributed by atoms with Crippen LogP contribution in [0.4, 0.5) is 4.39 Å². The molecule has 3 aromatic rings. The molecule has 0 unspecified atom stereocenters. The molecule has 0 spiro atoms. The summed E-state index contributed by atoms with van der Waals surface area (Å²) in [6, 6.07) is 3.87. The van der Waals surface area contributed by atoms with Gasteiger partial charge in [-0.3, -0.25) is 4.98 Å². The van der Waals surface area contributed by atoms with E-state index in [1.807, 2.05) is 0 Å². The molecule has 3 heterocycles. The first-order valence-corrected chi connectivity index (χ1v) is 9.41. The number of nitriles is 1. The van der Waals surface area contributed by atoms with Gasteiger partial charge in [0.15, 0.2) is 5.65 Å². The van der Waals surface area contributed by atoms with Crippen LogP contribution >= 0.6 is 0 Å². The van der Waals surface area contributed by atoms with Crippen molar-refractivity contribution in [1.82, 2.24) is 24.5 Å². The third-order valence-corrected chi connectivity index (χ3v) is 4.47. The minimum atomic E-state index is -0.579. The maximum absolute atomic E-state index is 14.7. The largest absolute Gasteiger partial charge is 0.508 e. The highest BCUT2D eigenvalue weighted by Crippen LogP contribution is 2.28. The Labute approximate surface area is 178 Å². The van der Waals surface area contributed by atoms with Gasteiger partial charge >= 0.3 is 6.01 Å². The number of aliphatic hydroxyl groups excluding tert-OH is 1. The van der Waals surface area contributed by atoms with Crippen molar-refractivity contribution in [3.8, 4) is 23.5 Å². The standard InChI is InChI=1S/C22H21FN6O2/c1-5-6-17(30)8-18(23)13(2)12-29-20(16-7-15(9-24)10-25-11-16)27-19-14(3)26-22(31-4)28-21(19)29/h5-8,10-11,30H,12H2,1-4H3/b6-5-,17-8+,18-13-. The molecule has 31 heavy (non-hydrogen) atoms. The Hall–Kier alpha value is -4.06. The monoisotopic (exact) mass is 420 g/mol. The summed E-state index contributed by atoms with van der Waals surface area (Å²) in [5.74, 6) is -0.315. The molecule has 0 aliphatic carbocycles. The summed E-state index contributed by atoms with van der Waals surface area (Å²) < 4.78 is 21.6. The van der Waals surface area contributed by atoms with Crippen LogP contribution in [0.1, 0.15) is 25.1 Å². The maximum atomic E-state index is 14.7. The Morgan fingerprint density at radius 3 is 2.77 bits per heavy atom. The molecule has 0 saturated carbocycles. The van der Waals surface area contributed by atoms with Gasteiger partial charge in [-0.2, -0.15) is 15.2 Å². The van der Waals surface area contributed by atoms with E-state index >= 15 is 0 Å². The number of rotatable bonds is 6. The molecule has 0 radical (unpaired) electrons. The Bertz CT molecular complexity index is 1270. The third kappa shape index (κ3) is 4.59. The fourth-order valence-corrected chi connectivity index (χ4v) is 2.98. The lowest BCUT2D eigenvalue weighted by atomic mass is 10.2. The van der Waals surface area contributed by atoms with Gasteiger partial charge in [0, 0.05) is 30.6 Å². The number of hydrogen-bond acceptors (Lipinski definition) is 7. The number of imidazole rings is 1. The van der Waals surface area contributed by atoms with Crippen LogP contribution in [0, 0.1) is 18.3 Å². The van der Waals surface area contributed by atoms with Crippen molar-refractivity contribution in [3.05, 3.63) is 65.1 Å². The first-order chi connectivity index (χ1) is 14.9. The number of halogens is 1. The number of methoxy groups -OCH3 is 1. The van der Waals surface area contributed by atoms with Gasteiger partial charge in [-0.25, -0.2) is 9.37 Å². The van der Waals surface area contributed by atoms with E-state index in [0.717, 1.165) is 6.08 Å². The van der Waals surface area contributed by atoms with Crippen LogP contribution in [-0.4, -0.2) is 36.7 Å². The van der Waals surface area contributed by atoms with E-state index in [-0.39, 0.29) is 18.3 Å². The van der Waals surface area contributed by atoms with E-state index in [0.29, 0.717) is 39.4 Å². The Kier molecular flexibility index (Phi) is 6.40. The van der Waals surface area contributed by atoms with Crippen molar-refractivity contribution < 1.29 is 14.2 Å². The van der Waals surface area contributed by atoms with Gasteiger partial charge < -0.3 is 14.4 Å². The van der Waals surface area contributed by atoms with Gasteiger partial charge in [0.2, 0.25) is 0 Å². The molecule has 0 aliphatic rings.